The van der Waals surface area contributed by atoms with Gasteiger partial charge in [0.2, 0.25) is 0 Å². The van der Waals surface area contributed by atoms with Gasteiger partial charge in [0.1, 0.15) is 17.0 Å². The lowest BCUT2D eigenvalue weighted by atomic mass is 10.1. The van der Waals surface area contributed by atoms with Gasteiger partial charge in [0.15, 0.2) is 5.13 Å². The fraction of sp³-hybridized carbons (Fsp3) is 0.417. The third-order valence-corrected chi connectivity index (χ3v) is 7.36. The second-order valence-corrected chi connectivity index (χ2v) is 10.6. The van der Waals surface area contributed by atoms with E-state index in [0.717, 1.165) is 46.6 Å². The molecule has 1 aliphatic heterocycles. The van der Waals surface area contributed by atoms with Gasteiger partial charge in [-0.1, -0.05) is 11.3 Å². The minimum atomic E-state index is -0.130. The van der Waals surface area contributed by atoms with Gasteiger partial charge in [0.25, 0.3) is 5.56 Å². The number of anilines is 1. The highest BCUT2D eigenvalue weighted by atomic mass is 32.1. The minimum absolute atomic E-state index is 0.130. The van der Waals surface area contributed by atoms with Crippen LogP contribution in [0.3, 0.4) is 0 Å². The van der Waals surface area contributed by atoms with E-state index >= 15 is 0 Å². The van der Waals surface area contributed by atoms with Gasteiger partial charge in [-0.05, 0) is 70.1 Å². The predicted molar refractivity (Wildman–Crippen MR) is 140 cm³/mol. The topological polar surface area (TPSA) is 86.2 Å². The summed E-state index contributed by atoms with van der Waals surface area (Å²) in [5, 5.41) is 9.50. The highest BCUT2D eigenvalue weighted by Crippen LogP contribution is 2.26. The summed E-state index contributed by atoms with van der Waals surface area (Å²) in [5.74, 6) is 0.816. The molecular weight excluding hydrogens is 468 g/mol. The third-order valence-electron chi connectivity index (χ3n) is 5.41. The molecule has 0 amide bonds. The van der Waals surface area contributed by atoms with Crippen LogP contribution in [0.4, 0.5) is 10.8 Å². The zero-order valence-corrected chi connectivity index (χ0v) is 21.4. The minimum Gasteiger partial charge on any atom is -0.492 e. The van der Waals surface area contributed by atoms with Crippen molar-refractivity contribution in [3.8, 4) is 5.75 Å². The molecule has 0 saturated carbocycles. The Hall–Kier alpha value is -2.82. The highest BCUT2D eigenvalue weighted by Gasteiger charge is 2.13. The monoisotopic (exact) mass is 498 g/mol. The first-order valence-corrected chi connectivity index (χ1v) is 13.0. The number of H-pyrrole nitrogens is 1. The van der Waals surface area contributed by atoms with E-state index in [1.54, 1.807) is 17.5 Å². The molecule has 3 aromatic rings. The van der Waals surface area contributed by atoms with Crippen LogP contribution in [-0.2, 0) is 0 Å². The van der Waals surface area contributed by atoms with Crippen LogP contribution < -0.4 is 24.4 Å². The van der Waals surface area contributed by atoms with Crippen LogP contribution in [-0.4, -0.2) is 55.2 Å². The molecule has 4 rings (SSSR count). The number of aryl methyl sites for hydroxylation is 1. The van der Waals surface area contributed by atoms with Gasteiger partial charge in [0, 0.05) is 25.8 Å². The van der Waals surface area contributed by atoms with Crippen molar-refractivity contribution in [2.24, 2.45) is 10.2 Å². The molecule has 0 aliphatic carbocycles. The van der Waals surface area contributed by atoms with Gasteiger partial charge in [-0.2, -0.15) is 10.2 Å². The van der Waals surface area contributed by atoms with Crippen LogP contribution >= 0.6 is 22.7 Å². The lowest BCUT2D eigenvalue weighted by Crippen LogP contribution is -2.29. The number of hydrogen-bond acceptors (Lipinski definition) is 9. The van der Waals surface area contributed by atoms with Crippen LogP contribution in [0.1, 0.15) is 29.7 Å². The Morgan fingerprint density at radius 1 is 1.24 bits per heavy atom. The van der Waals surface area contributed by atoms with E-state index in [9.17, 15) is 4.79 Å². The number of azo groups is 1. The maximum absolute atomic E-state index is 12.4. The first-order valence-electron chi connectivity index (χ1n) is 11.4. The summed E-state index contributed by atoms with van der Waals surface area (Å²) in [6.45, 7) is 5.58. The van der Waals surface area contributed by atoms with Gasteiger partial charge < -0.3 is 19.5 Å². The number of rotatable bonds is 8. The molecule has 10 heteroatoms. The lowest BCUT2D eigenvalue weighted by Gasteiger charge is -2.25. The molecular formula is C24H30N6O2S2. The Bertz CT molecular complexity index is 1300. The van der Waals surface area contributed by atoms with E-state index in [2.05, 4.69) is 30.0 Å². The SMILES string of the molecule is Cc1cc(OCCN(C)C)ccc1N=NC=c1[nH]c(=O)c(=Cc2cnc(N3CCCCC3)s2)s1. The van der Waals surface area contributed by atoms with E-state index < -0.39 is 0 Å². The molecule has 1 aromatic carbocycles. The standard InChI is InChI=1S/C24H30N6O2S2/c1-17-13-18(32-12-11-29(2)3)7-8-20(17)28-26-16-22-27-23(31)21(34-22)14-19-15-25-24(33-19)30-9-5-4-6-10-30/h7-8,13-16H,4-6,9-12H2,1-3H3,(H,27,31). The summed E-state index contributed by atoms with van der Waals surface area (Å²) in [7, 11) is 4.03. The van der Waals surface area contributed by atoms with Crippen molar-refractivity contribution in [2.45, 2.75) is 26.2 Å². The van der Waals surface area contributed by atoms with Crippen molar-refractivity contribution < 1.29 is 4.74 Å². The number of hydrogen-bond donors (Lipinski definition) is 1. The average molecular weight is 499 g/mol. The maximum Gasteiger partial charge on any atom is 0.266 e. The van der Waals surface area contributed by atoms with E-state index in [0.29, 0.717) is 15.8 Å². The molecule has 180 valence electrons. The van der Waals surface area contributed by atoms with Crippen LogP contribution in [0.15, 0.2) is 39.4 Å². The zero-order valence-electron chi connectivity index (χ0n) is 19.8. The van der Waals surface area contributed by atoms with Gasteiger partial charge >= 0.3 is 0 Å². The number of piperidine rings is 1. The molecule has 0 atom stereocenters. The maximum atomic E-state index is 12.4. The number of thiazole rings is 2. The zero-order chi connectivity index (χ0) is 23.9. The van der Waals surface area contributed by atoms with Crippen LogP contribution in [0, 0.1) is 6.92 Å². The predicted octanol–water partition coefficient (Wildman–Crippen LogP) is 3.48. The second kappa shape index (κ2) is 11.5. The van der Waals surface area contributed by atoms with Gasteiger partial charge in [0.05, 0.1) is 21.3 Å². The van der Waals surface area contributed by atoms with E-state index in [1.807, 2.05) is 51.5 Å². The number of nitrogens with one attached hydrogen (secondary N) is 1. The highest BCUT2D eigenvalue weighted by molar-refractivity contribution is 7.16. The van der Waals surface area contributed by atoms with Crippen molar-refractivity contribution in [3.63, 3.8) is 0 Å². The first kappa shape index (κ1) is 24.3. The molecule has 1 N–H and O–H groups in total. The molecule has 34 heavy (non-hydrogen) atoms. The molecule has 0 radical (unpaired) electrons. The van der Waals surface area contributed by atoms with Crippen LogP contribution in [0.2, 0.25) is 0 Å². The van der Waals surface area contributed by atoms with Gasteiger partial charge in [-0.15, -0.1) is 11.3 Å². The molecule has 8 nitrogen and oxygen atoms in total. The molecule has 2 aromatic heterocycles. The number of nitrogens with zero attached hydrogens (tertiary/aromatic N) is 5. The second-order valence-electron chi connectivity index (χ2n) is 8.47. The van der Waals surface area contributed by atoms with Gasteiger partial charge in [-0.3, -0.25) is 4.79 Å². The third kappa shape index (κ3) is 6.62. The average Bonchev–Trinajstić information content (AvgIpc) is 3.42. The van der Waals surface area contributed by atoms with Crippen molar-refractivity contribution in [1.82, 2.24) is 14.9 Å². The fourth-order valence-corrected chi connectivity index (χ4v) is 5.34. The summed E-state index contributed by atoms with van der Waals surface area (Å²) in [6.07, 6.45) is 9.03. The van der Waals surface area contributed by atoms with Crippen molar-refractivity contribution in [2.75, 3.05) is 45.2 Å². The molecule has 0 spiro atoms. The van der Waals surface area contributed by atoms with Crippen LogP contribution in [0.5, 0.6) is 5.75 Å². The Labute approximate surface area is 207 Å². The Kier molecular flexibility index (Phi) is 8.25. The molecule has 1 aliphatic rings. The quantitative estimate of drug-likeness (QED) is 0.481. The van der Waals surface area contributed by atoms with E-state index in [4.69, 9.17) is 4.74 Å². The summed E-state index contributed by atoms with van der Waals surface area (Å²) in [5.41, 5.74) is 1.61. The number of likely N-dealkylation sites (N-methyl/N-ethyl adjacent to an activating group) is 1. The summed E-state index contributed by atoms with van der Waals surface area (Å²) in [6, 6.07) is 5.74. The number of benzene rings is 1. The summed E-state index contributed by atoms with van der Waals surface area (Å²) in [4.78, 5) is 25.2. The lowest BCUT2D eigenvalue weighted by molar-refractivity contribution is 0.261. The fourth-order valence-electron chi connectivity index (χ4n) is 3.54. The van der Waals surface area contributed by atoms with Gasteiger partial charge in [-0.25, -0.2) is 4.98 Å². The first-order chi connectivity index (χ1) is 16.5. The number of aromatic amines is 1. The van der Waals surface area contributed by atoms with Crippen molar-refractivity contribution >= 4 is 45.8 Å². The Morgan fingerprint density at radius 2 is 2.06 bits per heavy atom. The molecule has 0 unspecified atom stereocenters. The largest absolute Gasteiger partial charge is 0.492 e. The molecule has 0 bridgehead atoms. The number of ether oxygens (including phenoxy) is 1. The molecule has 3 heterocycles. The van der Waals surface area contributed by atoms with Crippen molar-refractivity contribution in [1.29, 1.82) is 0 Å². The van der Waals surface area contributed by atoms with Crippen LogP contribution in [0.25, 0.3) is 12.3 Å². The van der Waals surface area contributed by atoms with Crippen molar-refractivity contribution in [3.05, 3.63) is 54.4 Å². The Morgan fingerprint density at radius 3 is 2.82 bits per heavy atom. The van der Waals surface area contributed by atoms with E-state index in [1.165, 1.54) is 30.6 Å². The summed E-state index contributed by atoms with van der Waals surface area (Å²) < 4.78 is 7.04. The van der Waals surface area contributed by atoms with E-state index in [-0.39, 0.29) is 5.56 Å². The Balaban J connectivity index is 1.44. The number of aromatic nitrogens is 2. The molecule has 1 saturated heterocycles. The summed E-state index contributed by atoms with van der Waals surface area (Å²) >= 11 is 2.99. The molecule has 1 fully saturated rings. The smallest absolute Gasteiger partial charge is 0.266 e. The normalized spacial score (nSPS) is 15.7.